The molecule has 5 rings (SSSR count). The van der Waals surface area contributed by atoms with Crippen molar-refractivity contribution in [3.05, 3.63) is 81.9 Å². The summed E-state index contributed by atoms with van der Waals surface area (Å²) in [6, 6.07) is 16.5. The van der Waals surface area contributed by atoms with E-state index in [9.17, 15) is 9.59 Å². The molecule has 3 aromatic heterocycles. The van der Waals surface area contributed by atoms with Gasteiger partial charge < -0.3 is 9.30 Å². The number of ether oxygens (including phenoxy) is 1. The van der Waals surface area contributed by atoms with Gasteiger partial charge in [-0.1, -0.05) is 30.0 Å². The zero-order valence-corrected chi connectivity index (χ0v) is 20.1. The van der Waals surface area contributed by atoms with Gasteiger partial charge in [-0.15, -0.1) is 10.2 Å². The maximum absolute atomic E-state index is 13.5. The number of carbonyl (C=O) groups is 1. The lowest BCUT2D eigenvalue weighted by Gasteiger charge is -2.12. The average Bonchev–Trinajstić information content (AvgIpc) is 3.39. The molecule has 0 aliphatic rings. The van der Waals surface area contributed by atoms with E-state index in [0.717, 1.165) is 11.4 Å². The van der Waals surface area contributed by atoms with Gasteiger partial charge in [-0.05, 0) is 44.2 Å². The highest BCUT2D eigenvalue weighted by Crippen LogP contribution is 2.25. The Balaban J connectivity index is 1.63. The molecule has 0 radical (unpaired) electrons. The Morgan fingerprint density at radius 2 is 1.85 bits per heavy atom. The number of ketones is 1. The van der Waals surface area contributed by atoms with Crippen LogP contribution >= 0.6 is 11.8 Å². The number of hydrogen-bond acceptors (Lipinski definition) is 6. The fourth-order valence-corrected chi connectivity index (χ4v) is 4.92. The van der Waals surface area contributed by atoms with Crippen LogP contribution < -0.4 is 10.3 Å². The molecule has 8 nitrogen and oxygen atoms in total. The molecule has 172 valence electrons. The summed E-state index contributed by atoms with van der Waals surface area (Å²) in [5, 5.41) is 9.77. The molecule has 0 fully saturated rings. The van der Waals surface area contributed by atoms with Crippen LogP contribution in [0.15, 0.2) is 64.5 Å². The average molecular weight is 474 g/mol. The molecule has 3 heterocycles. The van der Waals surface area contributed by atoms with E-state index in [4.69, 9.17) is 4.74 Å². The number of Topliss-reactive ketones (excluding diaryl/α,β-unsaturated/α-hetero) is 1. The van der Waals surface area contributed by atoms with Crippen LogP contribution in [-0.4, -0.2) is 42.4 Å². The third-order valence-corrected chi connectivity index (χ3v) is 7.04. The number of hydrogen-bond donors (Lipinski definition) is 0. The lowest BCUT2D eigenvalue weighted by molar-refractivity contribution is 0.102. The van der Waals surface area contributed by atoms with Crippen LogP contribution in [0.3, 0.4) is 0 Å². The maximum atomic E-state index is 13.5. The Morgan fingerprint density at radius 1 is 1.06 bits per heavy atom. The van der Waals surface area contributed by atoms with E-state index in [1.54, 1.807) is 19.2 Å². The van der Waals surface area contributed by atoms with E-state index in [2.05, 4.69) is 10.2 Å². The molecule has 0 bridgehead atoms. The monoisotopic (exact) mass is 473 g/mol. The van der Waals surface area contributed by atoms with Gasteiger partial charge in [0.2, 0.25) is 5.78 Å². The van der Waals surface area contributed by atoms with Crippen molar-refractivity contribution in [1.29, 1.82) is 0 Å². The van der Waals surface area contributed by atoms with Gasteiger partial charge in [0.25, 0.3) is 5.56 Å². The van der Waals surface area contributed by atoms with Crippen LogP contribution in [0.4, 0.5) is 0 Å². The third-order valence-electron chi connectivity index (χ3n) is 6.11. The van der Waals surface area contributed by atoms with Crippen molar-refractivity contribution in [2.75, 3.05) is 12.9 Å². The van der Waals surface area contributed by atoms with E-state index in [-0.39, 0.29) is 17.1 Å². The number of carbonyl (C=O) groups excluding carboxylic acids is 1. The minimum atomic E-state index is -0.202. The highest BCUT2D eigenvalue weighted by Gasteiger charge is 2.20. The Bertz CT molecular complexity index is 1630. The molecule has 0 amide bonds. The minimum absolute atomic E-state index is 0.0216. The predicted octanol–water partition coefficient (Wildman–Crippen LogP) is 3.97. The second kappa shape index (κ2) is 8.49. The van der Waals surface area contributed by atoms with Gasteiger partial charge in [0.1, 0.15) is 5.75 Å². The topological polar surface area (TPSA) is 83.4 Å². The summed E-state index contributed by atoms with van der Waals surface area (Å²) in [4.78, 5) is 26.4. The molecule has 9 heteroatoms. The molecule has 0 unspecified atom stereocenters. The number of para-hydroxylation sites is 1. The number of aryl methyl sites for hydroxylation is 1. The van der Waals surface area contributed by atoms with Crippen LogP contribution in [0.25, 0.3) is 22.4 Å². The van der Waals surface area contributed by atoms with Gasteiger partial charge in [-0.2, -0.15) is 0 Å². The summed E-state index contributed by atoms with van der Waals surface area (Å²) in [5.74, 6) is 1.23. The Hall–Kier alpha value is -3.85. The van der Waals surface area contributed by atoms with Gasteiger partial charge in [-0.3, -0.25) is 14.0 Å². The second-order valence-corrected chi connectivity index (χ2v) is 8.98. The maximum Gasteiger partial charge on any atom is 0.267 e. The van der Waals surface area contributed by atoms with Crippen molar-refractivity contribution >= 4 is 34.2 Å². The van der Waals surface area contributed by atoms with Gasteiger partial charge in [0, 0.05) is 30.1 Å². The molecule has 0 spiro atoms. The summed E-state index contributed by atoms with van der Waals surface area (Å²) >= 11 is 1.31. The molecule has 34 heavy (non-hydrogen) atoms. The zero-order valence-electron chi connectivity index (χ0n) is 19.3. The molecule has 0 atom stereocenters. The normalized spacial score (nSPS) is 11.4. The first-order valence-corrected chi connectivity index (χ1v) is 11.7. The molecular formula is C25H23N5O3S. The fraction of sp³-hybridized carbons (Fsp3) is 0.200. The van der Waals surface area contributed by atoms with E-state index >= 15 is 0 Å². The van der Waals surface area contributed by atoms with Gasteiger partial charge in [0.15, 0.2) is 10.9 Å². The van der Waals surface area contributed by atoms with Crippen molar-refractivity contribution in [3.8, 4) is 11.4 Å². The van der Waals surface area contributed by atoms with Crippen LogP contribution in [-0.2, 0) is 7.05 Å². The third kappa shape index (κ3) is 3.49. The largest absolute Gasteiger partial charge is 0.497 e. The van der Waals surface area contributed by atoms with Crippen molar-refractivity contribution in [1.82, 2.24) is 23.7 Å². The van der Waals surface area contributed by atoms with Crippen LogP contribution in [0, 0.1) is 13.8 Å². The first-order valence-electron chi connectivity index (χ1n) is 10.7. The number of aromatic nitrogens is 5. The molecule has 0 aliphatic carbocycles. The van der Waals surface area contributed by atoms with Crippen molar-refractivity contribution < 1.29 is 9.53 Å². The first-order chi connectivity index (χ1) is 16.4. The van der Waals surface area contributed by atoms with Crippen LogP contribution in [0.2, 0.25) is 0 Å². The standard InChI is InChI=1S/C25H23N5O3S/c1-15-12-20(16(2)28(15)3)22(31)14-34-25-27-26-24-29(17-8-7-9-18(13-17)33-4)23(32)19-10-5-6-11-21(19)30(24)25/h5-13H,14H2,1-4H3. The van der Waals surface area contributed by atoms with Crippen molar-refractivity contribution in [2.24, 2.45) is 7.05 Å². The SMILES string of the molecule is COc1cccc(-n2c(=O)c3ccccc3n3c(SCC(=O)c4cc(C)n(C)c4C)nnc23)c1. The summed E-state index contributed by atoms with van der Waals surface area (Å²) in [6.07, 6.45) is 0. The minimum Gasteiger partial charge on any atom is -0.497 e. The second-order valence-electron chi connectivity index (χ2n) is 8.03. The lowest BCUT2D eigenvalue weighted by atomic mass is 10.2. The molecule has 0 saturated heterocycles. The first kappa shape index (κ1) is 22.0. The Kier molecular flexibility index (Phi) is 5.49. The summed E-state index contributed by atoms with van der Waals surface area (Å²) in [7, 11) is 3.53. The highest BCUT2D eigenvalue weighted by molar-refractivity contribution is 7.99. The van der Waals surface area contributed by atoms with Crippen molar-refractivity contribution in [3.63, 3.8) is 0 Å². The fourth-order valence-electron chi connectivity index (χ4n) is 4.10. The Morgan fingerprint density at radius 3 is 2.59 bits per heavy atom. The predicted molar refractivity (Wildman–Crippen MR) is 133 cm³/mol. The number of methoxy groups -OCH3 is 1. The zero-order chi connectivity index (χ0) is 24.0. The van der Waals surface area contributed by atoms with Crippen LogP contribution in [0.1, 0.15) is 21.7 Å². The van der Waals surface area contributed by atoms with E-state index < -0.39 is 0 Å². The van der Waals surface area contributed by atoms with Gasteiger partial charge in [0.05, 0.1) is 29.5 Å². The number of benzene rings is 2. The lowest BCUT2D eigenvalue weighted by Crippen LogP contribution is -2.22. The summed E-state index contributed by atoms with van der Waals surface area (Å²) in [6.45, 7) is 3.92. The Labute approximate surface area is 199 Å². The molecular weight excluding hydrogens is 450 g/mol. The van der Waals surface area contributed by atoms with E-state index in [0.29, 0.717) is 38.8 Å². The van der Waals surface area contributed by atoms with Gasteiger partial charge >= 0.3 is 0 Å². The van der Waals surface area contributed by atoms with E-state index in [1.807, 2.05) is 72.3 Å². The molecule has 0 N–H and O–H groups in total. The molecule has 0 saturated carbocycles. The summed E-state index contributed by atoms with van der Waals surface area (Å²) in [5.41, 5.74) is 3.79. The molecule has 5 aromatic rings. The number of nitrogens with zero attached hydrogens (tertiary/aromatic N) is 5. The highest BCUT2D eigenvalue weighted by atomic mass is 32.2. The number of fused-ring (bicyclic) bond motifs is 3. The smallest absolute Gasteiger partial charge is 0.267 e. The molecule has 0 aliphatic heterocycles. The molecule has 2 aromatic carbocycles. The quantitative estimate of drug-likeness (QED) is 0.274. The van der Waals surface area contributed by atoms with Crippen molar-refractivity contribution in [2.45, 2.75) is 19.0 Å². The number of rotatable bonds is 6. The van der Waals surface area contributed by atoms with E-state index in [1.165, 1.54) is 16.3 Å². The summed E-state index contributed by atoms with van der Waals surface area (Å²) < 4.78 is 10.7. The van der Waals surface area contributed by atoms with Crippen LogP contribution in [0.5, 0.6) is 5.75 Å². The van der Waals surface area contributed by atoms with Gasteiger partial charge in [-0.25, -0.2) is 4.57 Å². The number of thioether (sulfide) groups is 1.